The number of hydrogen-bond acceptors (Lipinski definition) is 4. The van der Waals surface area contributed by atoms with Gasteiger partial charge in [0.05, 0.1) is 0 Å². The minimum Gasteiger partial charge on any atom is -0.342 e. The maximum atomic E-state index is 13.4. The second-order valence-corrected chi connectivity index (χ2v) is 9.58. The molecule has 1 spiro atoms. The molecule has 1 aliphatic heterocycles. The number of halogens is 1. The first-order valence-corrected chi connectivity index (χ1v) is 12.2. The van der Waals surface area contributed by atoms with Gasteiger partial charge in [-0.15, -0.1) is 0 Å². The van der Waals surface area contributed by atoms with Crippen molar-refractivity contribution in [2.75, 3.05) is 18.5 Å². The quantitative estimate of drug-likeness (QED) is 0.574. The van der Waals surface area contributed by atoms with E-state index in [1.807, 2.05) is 30.3 Å². The Balaban J connectivity index is 1.48. The molecule has 0 radical (unpaired) electrons. The normalized spacial score (nSPS) is 17.7. The largest absolute Gasteiger partial charge is 0.342 e. The molecule has 2 aliphatic rings. The van der Waals surface area contributed by atoms with E-state index in [0.29, 0.717) is 23.6 Å². The molecular weight excluding hydrogens is 468 g/mol. The fourth-order valence-electron chi connectivity index (χ4n) is 4.77. The lowest BCUT2D eigenvalue weighted by Crippen LogP contribution is -2.52. The van der Waals surface area contributed by atoms with Crippen molar-refractivity contribution in [3.63, 3.8) is 0 Å². The first-order valence-electron chi connectivity index (χ1n) is 11.8. The number of anilines is 1. The lowest BCUT2D eigenvalue weighted by atomic mass is 9.82. The van der Waals surface area contributed by atoms with Gasteiger partial charge in [0.2, 0.25) is 11.8 Å². The number of urea groups is 1. The standard InChI is InChI=1S/C26H29ClN4O4/c1-30(20-12-10-19(27)11-13-20)23(33)21(16-18-8-4-2-5-9-18)28-22(32)17-31-24(34)26(29-25(31)35)14-6-3-7-15-26/h2,4-5,8-13,21H,3,6-7,14-17H2,1H3,(H,28,32)(H,29,35). The van der Waals surface area contributed by atoms with Crippen LogP contribution in [0.2, 0.25) is 5.02 Å². The summed E-state index contributed by atoms with van der Waals surface area (Å²) in [5.74, 6) is -1.26. The SMILES string of the molecule is CN(C(=O)C(Cc1ccccc1)NC(=O)CN1C(=O)NC2(CCCCC2)C1=O)c1ccc(Cl)cc1. The summed E-state index contributed by atoms with van der Waals surface area (Å²) in [4.78, 5) is 54.4. The molecule has 1 saturated carbocycles. The number of benzene rings is 2. The van der Waals surface area contributed by atoms with Crippen LogP contribution in [0.5, 0.6) is 0 Å². The Labute approximate surface area is 209 Å². The third-order valence-electron chi connectivity index (χ3n) is 6.72. The van der Waals surface area contributed by atoms with Crippen LogP contribution < -0.4 is 15.5 Å². The lowest BCUT2D eigenvalue weighted by Gasteiger charge is -2.30. The van der Waals surface area contributed by atoms with Gasteiger partial charge in [-0.1, -0.05) is 61.2 Å². The second kappa shape index (κ2) is 10.5. The van der Waals surface area contributed by atoms with E-state index in [4.69, 9.17) is 11.6 Å². The molecular formula is C26H29ClN4O4. The predicted octanol–water partition coefficient (Wildman–Crippen LogP) is 3.29. The first kappa shape index (κ1) is 24.7. The molecule has 2 fully saturated rings. The monoisotopic (exact) mass is 496 g/mol. The van der Waals surface area contributed by atoms with Crippen LogP contribution in [0.25, 0.3) is 0 Å². The van der Waals surface area contributed by atoms with Crippen LogP contribution in [0.3, 0.4) is 0 Å². The summed E-state index contributed by atoms with van der Waals surface area (Å²) in [7, 11) is 1.62. The number of imide groups is 1. The van der Waals surface area contributed by atoms with Gasteiger partial charge in [-0.25, -0.2) is 4.79 Å². The van der Waals surface area contributed by atoms with E-state index in [2.05, 4.69) is 10.6 Å². The summed E-state index contributed by atoms with van der Waals surface area (Å²) >= 11 is 5.97. The highest BCUT2D eigenvalue weighted by molar-refractivity contribution is 6.30. The summed E-state index contributed by atoms with van der Waals surface area (Å²) in [5.41, 5.74) is 0.593. The number of likely N-dealkylation sites (N-methyl/N-ethyl adjacent to an activating group) is 1. The number of nitrogens with one attached hydrogen (secondary N) is 2. The van der Waals surface area contributed by atoms with Crippen molar-refractivity contribution < 1.29 is 19.2 Å². The van der Waals surface area contributed by atoms with Crippen molar-refractivity contribution in [1.82, 2.24) is 15.5 Å². The van der Waals surface area contributed by atoms with E-state index in [0.717, 1.165) is 29.7 Å². The highest BCUT2D eigenvalue weighted by atomic mass is 35.5. The van der Waals surface area contributed by atoms with Gasteiger partial charge in [0.15, 0.2) is 0 Å². The maximum Gasteiger partial charge on any atom is 0.325 e. The zero-order valence-electron chi connectivity index (χ0n) is 19.6. The fraction of sp³-hybridized carbons (Fsp3) is 0.385. The third-order valence-corrected chi connectivity index (χ3v) is 6.97. The van der Waals surface area contributed by atoms with E-state index < -0.39 is 30.1 Å². The van der Waals surface area contributed by atoms with Gasteiger partial charge in [0.25, 0.3) is 5.91 Å². The molecule has 4 rings (SSSR count). The smallest absolute Gasteiger partial charge is 0.325 e. The van der Waals surface area contributed by atoms with Crippen molar-refractivity contribution in [2.24, 2.45) is 0 Å². The number of carbonyl (C=O) groups is 4. The second-order valence-electron chi connectivity index (χ2n) is 9.15. The number of amides is 5. The zero-order valence-corrected chi connectivity index (χ0v) is 20.4. The molecule has 35 heavy (non-hydrogen) atoms. The molecule has 0 aromatic heterocycles. The Morgan fingerprint density at radius 2 is 1.71 bits per heavy atom. The van der Waals surface area contributed by atoms with E-state index >= 15 is 0 Å². The molecule has 1 aliphatic carbocycles. The van der Waals surface area contributed by atoms with Gasteiger partial charge >= 0.3 is 6.03 Å². The van der Waals surface area contributed by atoms with Crippen LogP contribution in [0.1, 0.15) is 37.7 Å². The average Bonchev–Trinajstić information content (AvgIpc) is 3.08. The molecule has 0 bridgehead atoms. The summed E-state index contributed by atoms with van der Waals surface area (Å²) in [6.07, 6.45) is 4.16. The Morgan fingerprint density at radius 1 is 1.06 bits per heavy atom. The molecule has 184 valence electrons. The van der Waals surface area contributed by atoms with Crippen molar-refractivity contribution in [2.45, 2.75) is 50.1 Å². The van der Waals surface area contributed by atoms with Crippen LogP contribution in [0, 0.1) is 0 Å². The number of carbonyl (C=O) groups excluding carboxylic acids is 4. The van der Waals surface area contributed by atoms with Gasteiger partial charge in [-0.3, -0.25) is 19.3 Å². The van der Waals surface area contributed by atoms with Gasteiger partial charge in [0, 0.05) is 24.2 Å². The molecule has 1 unspecified atom stereocenters. The van der Waals surface area contributed by atoms with Gasteiger partial charge in [-0.2, -0.15) is 0 Å². The minimum absolute atomic E-state index is 0.257. The zero-order chi connectivity index (χ0) is 25.0. The third kappa shape index (κ3) is 5.48. The van der Waals surface area contributed by atoms with Gasteiger partial charge in [0.1, 0.15) is 18.1 Å². The summed E-state index contributed by atoms with van der Waals surface area (Å²) < 4.78 is 0. The Morgan fingerprint density at radius 3 is 2.37 bits per heavy atom. The lowest BCUT2D eigenvalue weighted by molar-refractivity contribution is -0.136. The van der Waals surface area contributed by atoms with Crippen LogP contribution in [-0.4, -0.2) is 53.8 Å². The number of rotatable bonds is 7. The number of nitrogens with zero attached hydrogens (tertiary/aromatic N) is 2. The summed E-state index contributed by atoms with van der Waals surface area (Å²) in [6, 6.07) is 14.7. The van der Waals surface area contributed by atoms with Crippen LogP contribution in [-0.2, 0) is 20.8 Å². The van der Waals surface area contributed by atoms with Crippen molar-refractivity contribution in [3.05, 3.63) is 65.2 Å². The highest BCUT2D eigenvalue weighted by Gasteiger charge is 2.51. The van der Waals surface area contributed by atoms with Crippen LogP contribution in [0.15, 0.2) is 54.6 Å². The van der Waals surface area contributed by atoms with Crippen LogP contribution in [0.4, 0.5) is 10.5 Å². The average molecular weight is 497 g/mol. The predicted molar refractivity (Wildman–Crippen MR) is 133 cm³/mol. The molecule has 2 N–H and O–H groups in total. The Hall–Kier alpha value is -3.39. The molecule has 1 saturated heterocycles. The van der Waals surface area contributed by atoms with E-state index in [9.17, 15) is 19.2 Å². The summed E-state index contributed by atoms with van der Waals surface area (Å²) in [5, 5.41) is 6.11. The van der Waals surface area contributed by atoms with Gasteiger partial charge in [-0.05, 0) is 42.7 Å². The van der Waals surface area contributed by atoms with Gasteiger partial charge < -0.3 is 15.5 Å². The number of hydrogen-bond donors (Lipinski definition) is 2. The van der Waals surface area contributed by atoms with E-state index in [-0.39, 0.29) is 18.2 Å². The topological polar surface area (TPSA) is 98.8 Å². The molecule has 1 atom stereocenters. The Bertz CT molecular complexity index is 1100. The van der Waals surface area contributed by atoms with Crippen molar-refractivity contribution in [1.29, 1.82) is 0 Å². The molecule has 5 amide bonds. The first-order chi connectivity index (χ1) is 16.8. The minimum atomic E-state index is -0.899. The van der Waals surface area contributed by atoms with E-state index in [1.54, 1.807) is 31.3 Å². The molecule has 9 heteroatoms. The summed E-state index contributed by atoms with van der Waals surface area (Å²) in [6.45, 7) is -0.435. The fourth-order valence-corrected chi connectivity index (χ4v) is 4.90. The van der Waals surface area contributed by atoms with Crippen molar-refractivity contribution in [3.8, 4) is 0 Å². The molecule has 8 nitrogen and oxygen atoms in total. The molecule has 2 aromatic carbocycles. The van der Waals surface area contributed by atoms with Crippen molar-refractivity contribution >= 4 is 41.0 Å². The van der Waals surface area contributed by atoms with E-state index in [1.165, 1.54) is 4.90 Å². The molecule has 2 aromatic rings. The Kier molecular flexibility index (Phi) is 7.40. The van der Waals surface area contributed by atoms with Crippen LogP contribution >= 0.6 is 11.6 Å². The highest BCUT2D eigenvalue weighted by Crippen LogP contribution is 2.33. The molecule has 1 heterocycles. The maximum absolute atomic E-state index is 13.4.